The van der Waals surface area contributed by atoms with Gasteiger partial charge >= 0.3 is 0 Å². The van der Waals surface area contributed by atoms with Gasteiger partial charge in [-0.2, -0.15) is 0 Å². The fourth-order valence-electron chi connectivity index (χ4n) is 3.60. The summed E-state index contributed by atoms with van der Waals surface area (Å²) in [6.45, 7) is 0. The summed E-state index contributed by atoms with van der Waals surface area (Å²) in [5.74, 6) is 0.721. The van der Waals surface area contributed by atoms with Gasteiger partial charge in [0.1, 0.15) is 0 Å². The minimum absolute atomic E-state index is 0.721. The molecule has 4 aromatic carbocycles. The molecule has 5 rings (SSSR count). The maximum absolute atomic E-state index is 4.94. The van der Waals surface area contributed by atoms with E-state index in [1.807, 2.05) is 54.6 Å². The summed E-state index contributed by atoms with van der Waals surface area (Å²) in [7, 11) is 0. The fraction of sp³-hybridized carbons (Fsp3) is 0. The second-order valence-corrected chi connectivity index (χ2v) is 8.20. The summed E-state index contributed by atoms with van der Waals surface area (Å²) in [5, 5.41) is 0. The van der Waals surface area contributed by atoms with Crippen molar-refractivity contribution in [2.45, 2.75) is 0 Å². The molecular formula is C28H19BrN2. The summed E-state index contributed by atoms with van der Waals surface area (Å²) in [5.41, 5.74) is 7.24. The molecule has 3 heteroatoms. The van der Waals surface area contributed by atoms with E-state index in [-0.39, 0.29) is 0 Å². The Morgan fingerprint density at radius 2 is 0.903 bits per heavy atom. The molecule has 0 unspecified atom stereocenters. The van der Waals surface area contributed by atoms with Crippen molar-refractivity contribution >= 4 is 15.9 Å². The van der Waals surface area contributed by atoms with E-state index in [2.05, 4.69) is 76.6 Å². The van der Waals surface area contributed by atoms with Crippen LogP contribution in [0, 0.1) is 0 Å². The Bertz CT molecular complexity index is 1260. The number of hydrogen-bond donors (Lipinski definition) is 0. The van der Waals surface area contributed by atoms with Crippen LogP contribution >= 0.6 is 15.9 Å². The molecule has 0 aliphatic rings. The van der Waals surface area contributed by atoms with E-state index >= 15 is 0 Å². The maximum atomic E-state index is 4.94. The lowest BCUT2D eigenvalue weighted by molar-refractivity contribution is 1.18. The van der Waals surface area contributed by atoms with E-state index in [0.29, 0.717) is 0 Å². The van der Waals surface area contributed by atoms with Crippen molar-refractivity contribution in [2.75, 3.05) is 0 Å². The Kier molecular flexibility index (Phi) is 5.42. The Hall–Kier alpha value is -3.56. The van der Waals surface area contributed by atoms with Crippen molar-refractivity contribution < 1.29 is 0 Å². The van der Waals surface area contributed by atoms with E-state index in [0.717, 1.165) is 43.9 Å². The van der Waals surface area contributed by atoms with Gasteiger partial charge in [-0.05, 0) is 35.4 Å². The molecule has 0 fully saturated rings. The largest absolute Gasteiger partial charge is 0.228 e. The first-order valence-electron chi connectivity index (χ1n) is 10.1. The van der Waals surface area contributed by atoms with E-state index in [1.165, 1.54) is 5.56 Å². The molecule has 31 heavy (non-hydrogen) atoms. The van der Waals surface area contributed by atoms with Crippen LogP contribution < -0.4 is 0 Å². The summed E-state index contributed by atoms with van der Waals surface area (Å²) in [6.07, 6.45) is 0. The van der Waals surface area contributed by atoms with Crippen LogP contribution in [-0.2, 0) is 0 Å². The van der Waals surface area contributed by atoms with E-state index in [9.17, 15) is 0 Å². The van der Waals surface area contributed by atoms with Gasteiger partial charge in [-0.1, -0.05) is 107 Å². The third kappa shape index (κ3) is 4.32. The van der Waals surface area contributed by atoms with E-state index in [1.54, 1.807) is 0 Å². The topological polar surface area (TPSA) is 25.8 Å². The molecule has 0 radical (unpaired) electrons. The number of nitrogens with zero attached hydrogens (tertiary/aromatic N) is 2. The molecule has 148 valence electrons. The second kappa shape index (κ2) is 8.66. The Morgan fingerprint density at radius 1 is 0.419 bits per heavy atom. The molecular weight excluding hydrogens is 444 g/mol. The SMILES string of the molecule is Brc1cc(-c2ccccc2)cc(-c2cc(-c3ccccc3)nc(-c3ccccc3)n2)c1. The molecule has 0 saturated carbocycles. The number of halogens is 1. The fourth-order valence-corrected chi connectivity index (χ4v) is 4.10. The van der Waals surface area contributed by atoms with Crippen molar-refractivity contribution in [3.63, 3.8) is 0 Å². The van der Waals surface area contributed by atoms with Crippen LogP contribution in [-0.4, -0.2) is 9.97 Å². The quantitative estimate of drug-likeness (QED) is 0.271. The third-order valence-corrected chi connectivity index (χ3v) is 5.59. The number of aromatic nitrogens is 2. The van der Waals surface area contributed by atoms with Crippen LogP contribution in [0.2, 0.25) is 0 Å². The normalized spacial score (nSPS) is 10.7. The number of rotatable bonds is 4. The zero-order valence-corrected chi connectivity index (χ0v) is 18.3. The van der Waals surface area contributed by atoms with Crippen LogP contribution in [0.3, 0.4) is 0 Å². The summed E-state index contributed by atoms with van der Waals surface area (Å²) >= 11 is 3.69. The molecule has 0 bridgehead atoms. The van der Waals surface area contributed by atoms with Gasteiger partial charge < -0.3 is 0 Å². The number of benzene rings is 4. The maximum Gasteiger partial charge on any atom is 0.160 e. The van der Waals surface area contributed by atoms with Gasteiger partial charge in [0, 0.05) is 21.2 Å². The smallest absolute Gasteiger partial charge is 0.160 e. The van der Waals surface area contributed by atoms with Gasteiger partial charge in [0.25, 0.3) is 0 Å². The lowest BCUT2D eigenvalue weighted by atomic mass is 10.0. The van der Waals surface area contributed by atoms with Crippen LogP contribution in [0.25, 0.3) is 45.0 Å². The standard InChI is InChI=1S/C28H19BrN2/c29-25-17-23(20-10-4-1-5-11-20)16-24(18-25)27-19-26(21-12-6-2-7-13-21)30-28(31-27)22-14-8-3-9-15-22/h1-19H. The zero-order chi connectivity index (χ0) is 21.0. The molecule has 1 heterocycles. The Balaban J connectivity index is 1.70. The van der Waals surface area contributed by atoms with Crippen molar-refractivity contribution in [1.29, 1.82) is 0 Å². The van der Waals surface area contributed by atoms with Gasteiger partial charge in [0.2, 0.25) is 0 Å². The minimum atomic E-state index is 0.721. The van der Waals surface area contributed by atoms with Crippen LogP contribution in [0.4, 0.5) is 0 Å². The molecule has 0 atom stereocenters. The molecule has 2 nitrogen and oxygen atoms in total. The van der Waals surface area contributed by atoms with Gasteiger partial charge in [0.15, 0.2) is 5.82 Å². The first-order valence-corrected chi connectivity index (χ1v) is 10.9. The predicted octanol–water partition coefficient (Wildman–Crippen LogP) is 7.91. The van der Waals surface area contributed by atoms with Gasteiger partial charge in [0.05, 0.1) is 11.4 Å². The molecule has 0 aliphatic heterocycles. The third-order valence-electron chi connectivity index (χ3n) is 5.13. The van der Waals surface area contributed by atoms with Gasteiger partial charge in [-0.3, -0.25) is 0 Å². The van der Waals surface area contributed by atoms with Gasteiger partial charge in [-0.15, -0.1) is 0 Å². The molecule has 0 N–H and O–H groups in total. The van der Waals surface area contributed by atoms with E-state index in [4.69, 9.17) is 9.97 Å². The summed E-state index contributed by atoms with van der Waals surface area (Å²) < 4.78 is 1.02. The highest BCUT2D eigenvalue weighted by Gasteiger charge is 2.12. The van der Waals surface area contributed by atoms with Crippen molar-refractivity contribution in [2.24, 2.45) is 0 Å². The predicted molar refractivity (Wildman–Crippen MR) is 131 cm³/mol. The highest BCUT2D eigenvalue weighted by Crippen LogP contribution is 2.32. The van der Waals surface area contributed by atoms with Gasteiger partial charge in [-0.25, -0.2) is 9.97 Å². The first kappa shape index (κ1) is 19.4. The molecule has 1 aromatic heterocycles. The highest BCUT2D eigenvalue weighted by molar-refractivity contribution is 9.10. The average molecular weight is 463 g/mol. The molecule has 0 saturated heterocycles. The Morgan fingerprint density at radius 3 is 1.52 bits per heavy atom. The number of hydrogen-bond acceptors (Lipinski definition) is 2. The van der Waals surface area contributed by atoms with Crippen molar-refractivity contribution in [3.8, 4) is 45.0 Å². The average Bonchev–Trinajstić information content (AvgIpc) is 2.85. The van der Waals surface area contributed by atoms with Crippen LogP contribution in [0.15, 0.2) is 120 Å². The monoisotopic (exact) mass is 462 g/mol. The lowest BCUT2D eigenvalue weighted by Crippen LogP contribution is -1.96. The van der Waals surface area contributed by atoms with Crippen LogP contribution in [0.1, 0.15) is 0 Å². The highest BCUT2D eigenvalue weighted by atomic mass is 79.9. The van der Waals surface area contributed by atoms with Crippen LogP contribution in [0.5, 0.6) is 0 Å². The summed E-state index contributed by atoms with van der Waals surface area (Å²) in [4.78, 5) is 9.82. The van der Waals surface area contributed by atoms with Crippen molar-refractivity contribution in [3.05, 3.63) is 120 Å². The van der Waals surface area contributed by atoms with Crippen molar-refractivity contribution in [1.82, 2.24) is 9.97 Å². The molecule has 5 aromatic rings. The van der Waals surface area contributed by atoms with E-state index < -0.39 is 0 Å². The minimum Gasteiger partial charge on any atom is -0.228 e. The zero-order valence-electron chi connectivity index (χ0n) is 16.7. The molecule has 0 amide bonds. The molecule has 0 aliphatic carbocycles. The summed E-state index contributed by atoms with van der Waals surface area (Å²) in [6, 6.07) is 39.3. The second-order valence-electron chi connectivity index (χ2n) is 7.29. The Labute approximate surface area is 190 Å². The molecule has 0 spiro atoms. The first-order chi connectivity index (χ1) is 15.3. The lowest BCUT2D eigenvalue weighted by Gasteiger charge is -2.11.